The van der Waals surface area contributed by atoms with E-state index in [-0.39, 0.29) is 11.3 Å². The molecule has 19 heavy (non-hydrogen) atoms. The predicted octanol–water partition coefficient (Wildman–Crippen LogP) is 3.70. The van der Waals surface area contributed by atoms with Gasteiger partial charge in [-0.25, -0.2) is 0 Å². The maximum Gasteiger partial charge on any atom is 0.158 e. The minimum absolute atomic E-state index is 0.195. The number of allylic oxidation sites excluding steroid dienone is 2. The van der Waals surface area contributed by atoms with Crippen LogP contribution in [0, 0.1) is 23.2 Å². The maximum absolute atomic E-state index is 11.9. The fourth-order valence-electron chi connectivity index (χ4n) is 5.28. The van der Waals surface area contributed by atoms with E-state index in [1.165, 1.54) is 12.0 Å². The summed E-state index contributed by atoms with van der Waals surface area (Å²) in [7, 11) is 0. The first-order valence-electron chi connectivity index (χ1n) is 7.68. The normalized spacial score (nSPS) is 42.1. The Morgan fingerprint density at radius 3 is 2.63 bits per heavy atom. The lowest BCUT2D eigenvalue weighted by Gasteiger charge is -2.47. The number of fused-ring (bicyclic) bond motifs is 3. The van der Waals surface area contributed by atoms with Crippen LogP contribution in [0.3, 0.4) is 0 Å². The van der Waals surface area contributed by atoms with Gasteiger partial charge in [-0.1, -0.05) is 12.5 Å². The van der Waals surface area contributed by atoms with Gasteiger partial charge in [-0.05, 0) is 68.8 Å². The van der Waals surface area contributed by atoms with Crippen LogP contribution in [0.5, 0.6) is 0 Å². The number of hydrogen-bond donors (Lipinski definition) is 0. The van der Waals surface area contributed by atoms with Crippen molar-refractivity contribution in [3.8, 4) is 0 Å². The standard InChI is InChI=1S/C17H24O2/c1-10-12-8-9-17(3)14(11(2)18)5-6-15(17)13(12)4-7-16(10)19/h13-15H,4-9H2,1-3H3/t13-,14-,15?,17-/m1/s1. The van der Waals surface area contributed by atoms with Crippen molar-refractivity contribution in [1.82, 2.24) is 0 Å². The molecule has 0 heterocycles. The van der Waals surface area contributed by atoms with Crippen LogP contribution in [0.1, 0.15) is 59.3 Å². The van der Waals surface area contributed by atoms with Crippen LogP contribution in [0.25, 0.3) is 0 Å². The quantitative estimate of drug-likeness (QED) is 0.720. The van der Waals surface area contributed by atoms with E-state index >= 15 is 0 Å². The summed E-state index contributed by atoms with van der Waals surface area (Å²) < 4.78 is 0. The average Bonchev–Trinajstić information content (AvgIpc) is 2.71. The summed E-state index contributed by atoms with van der Waals surface area (Å²) in [6.07, 6.45) is 6.12. The number of Topliss-reactive ketones (excluding diaryl/α,β-unsaturated/α-hetero) is 2. The molecule has 3 aliphatic rings. The molecule has 0 bridgehead atoms. The topological polar surface area (TPSA) is 34.1 Å². The van der Waals surface area contributed by atoms with Crippen LogP contribution in [0.4, 0.5) is 0 Å². The van der Waals surface area contributed by atoms with Crippen molar-refractivity contribution in [2.75, 3.05) is 0 Å². The fourth-order valence-corrected chi connectivity index (χ4v) is 5.28. The van der Waals surface area contributed by atoms with Crippen LogP contribution in [-0.2, 0) is 9.59 Å². The maximum atomic E-state index is 11.9. The molecule has 0 radical (unpaired) electrons. The monoisotopic (exact) mass is 260 g/mol. The smallest absolute Gasteiger partial charge is 0.158 e. The van der Waals surface area contributed by atoms with Gasteiger partial charge in [0, 0.05) is 12.3 Å². The average molecular weight is 260 g/mol. The Kier molecular flexibility index (Phi) is 2.95. The molecule has 2 heteroatoms. The van der Waals surface area contributed by atoms with E-state index in [1.54, 1.807) is 6.92 Å². The largest absolute Gasteiger partial charge is 0.300 e. The molecule has 3 aliphatic carbocycles. The lowest BCUT2D eigenvalue weighted by Crippen LogP contribution is -2.42. The lowest BCUT2D eigenvalue weighted by atomic mass is 9.56. The molecule has 0 N–H and O–H groups in total. The molecule has 0 aromatic rings. The summed E-state index contributed by atoms with van der Waals surface area (Å²) in [5.74, 6) is 2.21. The first-order valence-corrected chi connectivity index (χ1v) is 7.68. The molecule has 3 rings (SSSR count). The molecule has 0 aliphatic heterocycles. The van der Waals surface area contributed by atoms with Gasteiger partial charge < -0.3 is 0 Å². The van der Waals surface area contributed by atoms with Crippen molar-refractivity contribution in [1.29, 1.82) is 0 Å². The molecule has 0 spiro atoms. The van der Waals surface area contributed by atoms with Crippen LogP contribution < -0.4 is 0 Å². The number of hydrogen-bond acceptors (Lipinski definition) is 2. The summed E-state index contributed by atoms with van der Waals surface area (Å²) in [4.78, 5) is 23.8. The molecular weight excluding hydrogens is 236 g/mol. The number of rotatable bonds is 1. The molecule has 0 saturated heterocycles. The van der Waals surface area contributed by atoms with Gasteiger partial charge in [-0.2, -0.15) is 0 Å². The number of carbonyl (C=O) groups excluding carboxylic acids is 2. The van der Waals surface area contributed by atoms with Crippen molar-refractivity contribution in [2.24, 2.45) is 23.2 Å². The zero-order chi connectivity index (χ0) is 13.8. The van der Waals surface area contributed by atoms with Gasteiger partial charge in [0.25, 0.3) is 0 Å². The van der Waals surface area contributed by atoms with E-state index in [9.17, 15) is 9.59 Å². The molecule has 2 fully saturated rings. The molecule has 1 unspecified atom stereocenters. The SMILES string of the molecule is CC(=O)[C@H]1CCC2[C@@H]3CCC(=O)C(C)=C3CC[C@@]21C. The lowest BCUT2D eigenvalue weighted by molar-refractivity contribution is -0.125. The Balaban J connectivity index is 1.97. The summed E-state index contributed by atoms with van der Waals surface area (Å²) in [6, 6.07) is 0. The van der Waals surface area contributed by atoms with Crippen LogP contribution in [0.2, 0.25) is 0 Å². The van der Waals surface area contributed by atoms with Gasteiger partial charge >= 0.3 is 0 Å². The van der Waals surface area contributed by atoms with Crippen LogP contribution in [0.15, 0.2) is 11.1 Å². The van der Waals surface area contributed by atoms with E-state index in [4.69, 9.17) is 0 Å². The number of ketones is 2. The molecular formula is C17H24O2. The molecule has 4 atom stereocenters. The Morgan fingerprint density at radius 1 is 1.21 bits per heavy atom. The summed E-state index contributed by atoms with van der Waals surface area (Å²) in [5.41, 5.74) is 2.67. The van der Waals surface area contributed by atoms with E-state index in [2.05, 4.69) is 6.92 Å². The van der Waals surface area contributed by atoms with Crippen molar-refractivity contribution < 1.29 is 9.59 Å². The highest BCUT2D eigenvalue weighted by Gasteiger charge is 2.54. The van der Waals surface area contributed by atoms with Crippen molar-refractivity contribution >= 4 is 11.6 Å². The third-order valence-corrected chi connectivity index (χ3v) is 6.35. The first kappa shape index (κ1) is 13.1. The van der Waals surface area contributed by atoms with Crippen molar-refractivity contribution in [3.05, 3.63) is 11.1 Å². The third-order valence-electron chi connectivity index (χ3n) is 6.35. The molecule has 104 valence electrons. The molecule has 0 amide bonds. The van der Waals surface area contributed by atoms with Gasteiger partial charge in [0.1, 0.15) is 5.78 Å². The number of carbonyl (C=O) groups is 2. The fraction of sp³-hybridized carbons (Fsp3) is 0.765. The molecule has 2 saturated carbocycles. The highest BCUT2D eigenvalue weighted by atomic mass is 16.1. The Bertz CT molecular complexity index is 474. The Labute approximate surface area is 115 Å². The van der Waals surface area contributed by atoms with Crippen molar-refractivity contribution in [3.63, 3.8) is 0 Å². The first-order chi connectivity index (χ1) is 8.95. The van der Waals surface area contributed by atoms with Gasteiger partial charge in [0.2, 0.25) is 0 Å². The van der Waals surface area contributed by atoms with Crippen molar-refractivity contribution in [2.45, 2.75) is 59.3 Å². The molecule has 0 aromatic carbocycles. The Hall–Kier alpha value is -0.920. The van der Waals surface area contributed by atoms with E-state index in [0.29, 0.717) is 23.4 Å². The van der Waals surface area contributed by atoms with E-state index in [0.717, 1.165) is 37.7 Å². The zero-order valence-corrected chi connectivity index (χ0v) is 12.3. The van der Waals surface area contributed by atoms with E-state index < -0.39 is 0 Å². The minimum Gasteiger partial charge on any atom is -0.300 e. The summed E-state index contributed by atoms with van der Waals surface area (Å²) in [5, 5.41) is 0. The highest BCUT2D eigenvalue weighted by molar-refractivity contribution is 5.96. The summed E-state index contributed by atoms with van der Waals surface area (Å²) in [6.45, 7) is 6.11. The minimum atomic E-state index is 0.195. The second kappa shape index (κ2) is 4.29. The summed E-state index contributed by atoms with van der Waals surface area (Å²) >= 11 is 0. The third kappa shape index (κ3) is 1.75. The van der Waals surface area contributed by atoms with Gasteiger partial charge in [-0.3, -0.25) is 9.59 Å². The highest BCUT2D eigenvalue weighted by Crippen LogP contribution is 2.61. The van der Waals surface area contributed by atoms with Gasteiger partial charge in [0.15, 0.2) is 5.78 Å². The predicted molar refractivity (Wildman–Crippen MR) is 74.7 cm³/mol. The van der Waals surface area contributed by atoms with Crippen LogP contribution >= 0.6 is 0 Å². The van der Waals surface area contributed by atoms with Gasteiger partial charge in [-0.15, -0.1) is 0 Å². The van der Waals surface area contributed by atoms with Crippen LogP contribution in [-0.4, -0.2) is 11.6 Å². The Morgan fingerprint density at radius 2 is 1.95 bits per heavy atom. The molecule has 0 aromatic heterocycles. The second-order valence-electron chi connectivity index (χ2n) is 7.07. The van der Waals surface area contributed by atoms with E-state index in [1.807, 2.05) is 6.92 Å². The zero-order valence-electron chi connectivity index (χ0n) is 12.3. The van der Waals surface area contributed by atoms with Gasteiger partial charge in [0.05, 0.1) is 0 Å². The second-order valence-corrected chi connectivity index (χ2v) is 7.07. The molecule has 2 nitrogen and oxygen atoms in total.